The molecule has 7 nitrogen and oxygen atoms in total. The van der Waals surface area contributed by atoms with E-state index >= 15 is 0 Å². The standard InChI is InChI=1S/C19H19N5O2S/c1-12(15-10-14(25-2)4-5-16(15)26-3)20-17-6-7-18-21-22-19(24(18)23-17)13-8-9-27-11-13/h4-12H,1-3H3,(H,20,23). The summed E-state index contributed by atoms with van der Waals surface area (Å²) in [6.07, 6.45) is 0. The molecule has 4 rings (SSSR count). The van der Waals surface area contributed by atoms with E-state index in [1.54, 1.807) is 30.1 Å². The van der Waals surface area contributed by atoms with Crippen LogP contribution in [0.3, 0.4) is 0 Å². The third-order valence-corrected chi connectivity index (χ3v) is 4.99. The molecule has 0 radical (unpaired) electrons. The van der Waals surface area contributed by atoms with Crippen molar-refractivity contribution in [3.05, 3.63) is 52.7 Å². The molecule has 0 saturated carbocycles. The van der Waals surface area contributed by atoms with Crippen LogP contribution in [0.15, 0.2) is 47.2 Å². The largest absolute Gasteiger partial charge is 0.497 e. The maximum atomic E-state index is 5.49. The Morgan fingerprint density at radius 2 is 1.96 bits per heavy atom. The molecule has 1 aromatic carbocycles. The number of anilines is 1. The predicted molar refractivity (Wildman–Crippen MR) is 106 cm³/mol. The van der Waals surface area contributed by atoms with Crippen LogP contribution in [-0.4, -0.2) is 34.0 Å². The number of hydrogen-bond donors (Lipinski definition) is 1. The molecular weight excluding hydrogens is 362 g/mol. The molecule has 8 heteroatoms. The normalized spacial score (nSPS) is 12.1. The quantitative estimate of drug-likeness (QED) is 0.543. The molecule has 0 aliphatic carbocycles. The molecule has 0 fully saturated rings. The molecule has 0 aliphatic heterocycles. The van der Waals surface area contributed by atoms with E-state index in [1.165, 1.54) is 0 Å². The van der Waals surface area contributed by atoms with Gasteiger partial charge in [-0.05, 0) is 48.7 Å². The van der Waals surface area contributed by atoms with Crippen LogP contribution in [0.4, 0.5) is 5.82 Å². The first kappa shape index (κ1) is 17.3. The SMILES string of the molecule is COc1ccc(OC)c(C(C)Nc2ccc3nnc(-c4ccsc4)n3n2)c1. The van der Waals surface area contributed by atoms with Crippen molar-refractivity contribution in [1.29, 1.82) is 0 Å². The number of thiophene rings is 1. The van der Waals surface area contributed by atoms with Gasteiger partial charge >= 0.3 is 0 Å². The van der Waals surface area contributed by atoms with Crippen LogP contribution in [0.25, 0.3) is 17.0 Å². The molecule has 0 bridgehead atoms. The Labute approximate surface area is 160 Å². The van der Waals surface area contributed by atoms with E-state index in [0.29, 0.717) is 5.65 Å². The van der Waals surface area contributed by atoms with Gasteiger partial charge in [0.1, 0.15) is 17.3 Å². The van der Waals surface area contributed by atoms with Crippen molar-refractivity contribution in [2.24, 2.45) is 0 Å². The zero-order chi connectivity index (χ0) is 18.8. The maximum Gasteiger partial charge on any atom is 0.186 e. The summed E-state index contributed by atoms with van der Waals surface area (Å²) in [5, 5.41) is 20.6. The van der Waals surface area contributed by atoms with Gasteiger partial charge in [0.2, 0.25) is 0 Å². The van der Waals surface area contributed by atoms with E-state index in [1.807, 2.05) is 47.2 Å². The van der Waals surface area contributed by atoms with E-state index in [4.69, 9.17) is 9.47 Å². The maximum absolute atomic E-state index is 5.49. The monoisotopic (exact) mass is 381 g/mol. The van der Waals surface area contributed by atoms with E-state index in [0.717, 1.165) is 34.3 Å². The van der Waals surface area contributed by atoms with Gasteiger partial charge < -0.3 is 14.8 Å². The number of nitrogens with one attached hydrogen (secondary N) is 1. The average molecular weight is 381 g/mol. The third-order valence-electron chi connectivity index (χ3n) is 4.31. The molecule has 1 atom stereocenters. The molecular formula is C19H19N5O2S. The fraction of sp³-hybridized carbons (Fsp3) is 0.211. The number of methoxy groups -OCH3 is 2. The molecule has 0 spiro atoms. The van der Waals surface area contributed by atoms with Crippen molar-refractivity contribution in [1.82, 2.24) is 19.8 Å². The molecule has 1 N–H and O–H groups in total. The topological polar surface area (TPSA) is 73.6 Å². The lowest BCUT2D eigenvalue weighted by molar-refractivity contribution is 0.397. The van der Waals surface area contributed by atoms with E-state index < -0.39 is 0 Å². The number of fused-ring (bicyclic) bond motifs is 1. The Kier molecular flexibility index (Phi) is 4.64. The summed E-state index contributed by atoms with van der Waals surface area (Å²) >= 11 is 1.62. The summed E-state index contributed by atoms with van der Waals surface area (Å²) in [6.45, 7) is 2.05. The summed E-state index contributed by atoms with van der Waals surface area (Å²) in [5.74, 6) is 3.01. The average Bonchev–Trinajstić information content (AvgIpc) is 3.36. The molecule has 3 heterocycles. The highest BCUT2D eigenvalue weighted by atomic mass is 32.1. The Bertz CT molecular complexity index is 1060. The molecule has 27 heavy (non-hydrogen) atoms. The first-order chi connectivity index (χ1) is 13.2. The molecule has 0 saturated heterocycles. The van der Waals surface area contributed by atoms with Crippen LogP contribution in [-0.2, 0) is 0 Å². The Morgan fingerprint density at radius 3 is 2.70 bits per heavy atom. The second kappa shape index (κ2) is 7.24. The highest BCUT2D eigenvalue weighted by Gasteiger charge is 2.15. The lowest BCUT2D eigenvalue weighted by Gasteiger charge is -2.18. The predicted octanol–water partition coefficient (Wildman–Crippen LogP) is 4.04. The van der Waals surface area contributed by atoms with Crippen molar-refractivity contribution in [2.45, 2.75) is 13.0 Å². The Hall–Kier alpha value is -3.13. The molecule has 4 aromatic rings. The van der Waals surface area contributed by atoms with Crippen molar-refractivity contribution in [3.8, 4) is 22.9 Å². The number of aromatic nitrogens is 4. The van der Waals surface area contributed by atoms with Crippen LogP contribution in [0.1, 0.15) is 18.5 Å². The number of benzene rings is 1. The van der Waals surface area contributed by atoms with Crippen LogP contribution in [0.2, 0.25) is 0 Å². The molecule has 1 unspecified atom stereocenters. The van der Waals surface area contributed by atoms with Gasteiger partial charge in [0.15, 0.2) is 11.5 Å². The minimum absolute atomic E-state index is 0.0407. The summed E-state index contributed by atoms with van der Waals surface area (Å²) in [7, 11) is 3.31. The fourth-order valence-electron chi connectivity index (χ4n) is 2.91. The smallest absolute Gasteiger partial charge is 0.186 e. The highest BCUT2D eigenvalue weighted by Crippen LogP contribution is 2.31. The van der Waals surface area contributed by atoms with Gasteiger partial charge in [0.05, 0.1) is 20.3 Å². The number of hydrogen-bond acceptors (Lipinski definition) is 7. The lowest BCUT2D eigenvalue weighted by Crippen LogP contribution is -2.11. The zero-order valence-corrected chi connectivity index (χ0v) is 16.0. The summed E-state index contributed by atoms with van der Waals surface area (Å²) in [5.41, 5.74) is 2.69. The second-order valence-electron chi connectivity index (χ2n) is 6.00. The Morgan fingerprint density at radius 1 is 1.07 bits per heavy atom. The van der Waals surface area contributed by atoms with Crippen LogP contribution in [0, 0.1) is 0 Å². The summed E-state index contributed by atoms with van der Waals surface area (Å²) in [6, 6.07) is 11.5. The van der Waals surface area contributed by atoms with Gasteiger partial charge in [-0.3, -0.25) is 0 Å². The number of nitrogens with zero attached hydrogens (tertiary/aromatic N) is 4. The van der Waals surface area contributed by atoms with Crippen LogP contribution in [0.5, 0.6) is 11.5 Å². The minimum Gasteiger partial charge on any atom is -0.497 e. The van der Waals surface area contributed by atoms with Crippen LogP contribution >= 0.6 is 11.3 Å². The lowest BCUT2D eigenvalue weighted by atomic mass is 10.1. The Balaban J connectivity index is 1.66. The van der Waals surface area contributed by atoms with Gasteiger partial charge in [-0.1, -0.05) is 0 Å². The third kappa shape index (κ3) is 3.31. The first-order valence-corrected chi connectivity index (χ1v) is 9.37. The molecule has 138 valence electrons. The second-order valence-corrected chi connectivity index (χ2v) is 6.78. The van der Waals surface area contributed by atoms with Crippen molar-refractivity contribution in [2.75, 3.05) is 19.5 Å². The van der Waals surface area contributed by atoms with Gasteiger partial charge in [0, 0.05) is 16.5 Å². The first-order valence-electron chi connectivity index (χ1n) is 8.43. The van der Waals surface area contributed by atoms with Gasteiger partial charge in [-0.15, -0.1) is 15.3 Å². The van der Waals surface area contributed by atoms with Gasteiger partial charge in [-0.25, -0.2) is 0 Å². The van der Waals surface area contributed by atoms with Crippen molar-refractivity contribution < 1.29 is 9.47 Å². The zero-order valence-electron chi connectivity index (χ0n) is 15.2. The fourth-order valence-corrected chi connectivity index (χ4v) is 3.55. The van der Waals surface area contributed by atoms with E-state index in [-0.39, 0.29) is 6.04 Å². The molecule has 0 amide bonds. The van der Waals surface area contributed by atoms with E-state index in [2.05, 4.69) is 27.5 Å². The van der Waals surface area contributed by atoms with Crippen molar-refractivity contribution in [3.63, 3.8) is 0 Å². The highest BCUT2D eigenvalue weighted by molar-refractivity contribution is 7.08. The van der Waals surface area contributed by atoms with Gasteiger partial charge in [-0.2, -0.15) is 15.9 Å². The van der Waals surface area contributed by atoms with E-state index in [9.17, 15) is 0 Å². The summed E-state index contributed by atoms with van der Waals surface area (Å²) in [4.78, 5) is 0. The summed E-state index contributed by atoms with van der Waals surface area (Å²) < 4.78 is 12.6. The molecule has 0 aliphatic rings. The molecule has 3 aromatic heterocycles. The van der Waals surface area contributed by atoms with Crippen LogP contribution < -0.4 is 14.8 Å². The van der Waals surface area contributed by atoms with Crippen molar-refractivity contribution >= 4 is 22.8 Å². The number of rotatable bonds is 6. The number of ether oxygens (including phenoxy) is 2. The minimum atomic E-state index is -0.0407. The van der Waals surface area contributed by atoms with Gasteiger partial charge in [0.25, 0.3) is 0 Å².